The summed E-state index contributed by atoms with van der Waals surface area (Å²) in [5.74, 6) is -0.833. The number of para-hydroxylation sites is 1. The van der Waals surface area contributed by atoms with Crippen molar-refractivity contribution in [2.45, 2.75) is 12.0 Å². The lowest BCUT2D eigenvalue weighted by atomic mass is 10.3. The van der Waals surface area contributed by atoms with E-state index in [0.717, 1.165) is 12.3 Å². The minimum Gasteiger partial charge on any atom is -0.481 e. The Hall–Kier alpha value is -1.86. The first-order valence-corrected chi connectivity index (χ1v) is 6.06. The molecule has 1 heterocycles. The minimum absolute atomic E-state index is 0.200. The highest BCUT2D eigenvalue weighted by Gasteiger charge is 2.13. The first kappa shape index (κ1) is 13.2. The molecule has 3 N–H and O–H groups in total. The fraction of sp³-hybridized carbons (Fsp3) is 0.100. The van der Waals surface area contributed by atoms with Gasteiger partial charge in [-0.3, -0.25) is 4.79 Å². The summed E-state index contributed by atoms with van der Waals surface area (Å²) in [6.45, 7) is 1.08. The molecular weight excluding hydrogens is 246 g/mol. The Morgan fingerprint density at radius 3 is 2.35 bits per heavy atom. The molecule has 0 unspecified atom stereocenters. The van der Waals surface area contributed by atoms with Crippen molar-refractivity contribution in [1.29, 1.82) is 0 Å². The summed E-state index contributed by atoms with van der Waals surface area (Å²) < 4.78 is 26.8. The van der Waals surface area contributed by atoms with E-state index in [1.54, 1.807) is 24.3 Å². The molecule has 0 aliphatic heterocycles. The number of fused-ring (bicyclic) bond motifs is 1. The van der Waals surface area contributed by atoms with E-state index in [1.807, 2.05) is 0 Å². The molecule has 6 nitrogen and oxygen atoms in total. The molecule has 0 bridgehead atoms. The SMILES string of the molecule is CC(=O)O.NS(=O)(=O)c1cc2ccccc2o1. The van der Waals surface area contributed by atoms with Crippen LogP contribution >= 0.6 is 0 Å². The van der Waals surface area contributed by atoms with Crippen LogP contribution in [-0.4, -0.2) is 19.5 Å². The molecule has 0 fully saturated rings. The van der Waals surface area contributed by atoms with Gasteiger partial charge in [-0.2, -0.15) is 0 Å². The number of carbonyl (C=O) groups is 1. The maximum Gasteiger partial charge on any atom is 0.300 e. The van der Waals surface area contributed by atoms with Gasteiger partial charge in [-0.1, -0.05) is 18.2 Å². The standard InChI is InChI=1S/C8H7NO3S.C2H4O2/c9-13(10,11)8-5-6-3-1-2-4-7(6)12-8;1-2(3)4/h1-5H,(H2,9,10,11);1H3,(H,3,4). The third kappa shape index (κ3) is 3.89. The van der Waals surface area contributed by atoms with Gasteiger partial charge in [0.2, 0.25) is 5.09 Å². The van der Waals surface area contributed by atoms with Crippen molar-refractivity contribution < 1.29 is 22.7 Å². The van der Waals surface area contributed by atoms with Crippen LogP contribution in [0, 0.1) is 0 Å². The van der Waals surface area contributed by atoms with Gasteiger partial charge in [0.1, 0.15) is 5.58 Å². The number of nitrogens with two attached hydrogens (primary N) is 1. The van der Waals surface area contributed by atoms with Crippen molar-refractivity contribution in [3.05, 3.63) is 30.3 Å². The van der Waals surface area contributed by atoms with Crippen molar-refractivity contribution >= 4 is 27.0 Å². The van der Waals surface area contributed by atoms with E-state index in [1.165, 1.54) is 6.07 Å². The summed E-state index contributed by atoms with van der Waals surface area (Å²) in [7, 11) is -3.73. The molecule has 0 amide bonds. The van der Waals surface area contributed by atoms with Crippen LogP contribution < -0.4 is 5.14 Å². The van der Waals surface area contributed by atoms with Crippen molar-refractivity contribution in [2.75, 3.05) is 0 Å². The predicted octanol–water partition coefficient (Wildman–Crippen LogP) is 1.17. The molecule has 92 valence electrons. The Kier molecular flexibility index (Phi) is 3.87. The number of sulfonamides is 1. The molecule has 0 aliphatic carbocycles. The van der Waals surface area contributed by atoms with Crippen molar-refractivity contribution in [3.8, 4) is 0 Å². The highest BCUT2D eigenvalue weighted by molar-refractivity contribution is 7.89. The number of aliphatic carboxylic acids is 1. The second-order valence-corrected chi connectivity index (χ2v) is 4.66. The van der Waals surface area contributed by atoms with E-state index in [4.69, 9.17) is 19.5 Å². The lowest BCUT2D eigenvalue weighted by molar-refractivity contribution is -0.134. The number of benzene rings is 1. The number of rotatable bonds is 1. The fourth-order valence-corrected chi connectivity index (χ4v) is 1.59. The van der Waals surface area contributed by atoms with Gasteiger partial charge in [-0.05, 0) is 6.07 Å². The summed E-state index contributed by atoms with van der Waals surface area (Å²) in [6, 6.07) is 8.41. The zero-order valence-electron chi connectivity index (χ0n) is 8.95. The zero-order chi connectivity index (χ0) is 13.1. The average molecular weight is 257 g/mol. The number of carboxylic acid groups (broad SMARTS) is 1. The summed E-state index contributed by atoms with van der Waals surface area (Å²) >= 11 is 0. The number of hydrogen-bond acceptors (Lipinski definition) is 4. The highest BCUT2D eigenvalue weighted by Crippen LogP contribution is 2.20. The second-order valence-electron chi connectivity index (χ2n) is 3.17. The molecule has 0 aliphatic rings. The number of furan rings is 1. The van der Waals surface area contributed by atoms with E-state index >= 15 is 0 Å². The van der Waals surface area contributed by atoms with E-state index in [0.29, 0.717) is 5.58 Å². The third-order valence-corrected chi connectivity index (χ3v) is 2.45. The van der Waals surface area contributed by atoms with Crippen molar-refractivity contribution in [2.24, 2.45) is 5.14 Å². The van der Waals surface area contributed by atoms with E-state index in [9.17, 15) is 8.42 Å². The highest BCUT2D eigenvalue weighted by atomic mass is 32.2. The summed E-state index contributed by atoms with van der Waals surface area (Å²) in [6.07, 6.45) is 0. The Balaban J connectivity index is 0.000000317. The molecule has 1 aromatic carbocycles. The summed E-state index contributed by atoms with van der Waals surface area (Å²) in [5.41, 5.74) is 0.520. The Labute approximate surface area is 97.7 Å². The number of primary sulfonamides is 1. The molecule has 0 saturated carbocycles. The van der Waals surface area contributed by atoms with Gasteiger partial charge in [0, 0.05) is 18.4 Å². The molecule has 2 aromatic rings. The fourth-order valence-electron chi connectivity index (χ4n) is 1.10. The van der Waals surface area contributed by atoms with Gasteiger partial charge in [-0.25, -0.2) is 13.6 Å². The second kappa shape index (κ2) is 4.98. The molecule has 17 heavy (non-hydrogen) atoms. The molecule has 0 radical (unpaired) electrons. The molecule has 1 aromatic heterocycles. The van der Waals surface area contributed by atoms with Gasteiger partial charge in [0.15, 0.2) is 0 Å². The topological polar surface area (TPSA) is 111 Å². The van der Waals surface area contributed by atoms with Crippen LogP contribution in [0.25, 0.3) is 11.0 Å². The Morgan fingerprint density at radius 1 is 1.35 bits per heavy atom. The van der Waals surface area contributed by atoms with Crippen LogP contribution in [0.2, 0.25) is 0 Å². The first-order chi connectivity index (χ1) is 7.80. The Morgan fingerprint density at radius 2 is 1.88 bits per heavy atom. The maximum absolute atomic E-state index is 10.9. The van der Waals surface area contributed by atoms with Crippen LogP contribution in [0.5, 0.6) is 0 Å². The summed E-state index contributed by atoms with van der Waals surface area (Å²) in [4.78, 5) is 9.00. The largest absolute Gasteiger partial charge is 0.481 e. The van der Waals surface area contributed by atoms with Gasteiger partial charge in [0.05, 0.1) is 0 Å². The quantitative estimate of drug-likeness (QED) is 0.796. The smallest absolute Gasteiger partial charge is 0.300 e. The Bertz CT molecular complexity index is 592. The molecule has 0 atom stereocenters. The van der Waals surface area contributed by atoms with Gasteiger partial charge in [-0.15, -0.1) is 0 Å². The van der Waals surface area contributed by atoms with E-state index in [2.05, 4.69) is 0 Å². The van der Waals surface area contributed by atoms with Gasteiger partial charge >= 0.3 is 0 Å². The van der Waals surface area contributed by atoms with Crippen LogP contribution in [0.15, 0.2) is 39.8 Å². The van der Waals surface area contributed by atoms with Gasteiger partial charge < -0.3 is 9.52 Å². The van der Waals surface area contributed by atoms with Crippen LogP contribution in [0.4, 0.5) is 0 Å². The zero-order valence-corrected chi connectivity index (χ0v) is 9.77. The van der Waals surface area contributed by atoms with Crippen LogP contribution in [0.1, 0.15) is 6.92 Å². The summed E-state index contributed by atoms with van der Waals surface area (Å²) in [5, 5.41) is 12.8. The molecule has 7 heteroatoms. The lowest BCUT2D eigenvalue weighted by Crippen LogP contribution is -2.10. The number of hydrogen-bond donors (Lipinski definition) is 2. The average Bonchev–Trinajstić information content (AvgIpc) is 2.59. The van der Waals surface area contributed by atoms with Crippen molar-refractivity contribution in [3.63, 3.8) is 0 Å². The predicted molar refractivity (Wildman–Crippen MR) is 60.9 cm³/mol. The van der Waals surface area contributed by atoms with Crippen LogP contribution in [0.3, 0.4) is 0 Å². The minimum atomic E-state index is -3.73. The molecule has 2 rings (SSSR count). The maximum atomic E-state index is 10.9. The van der Waals surface area contributed by atoms with E-state index < -0.39 is 16.0 Å². The number of carboxylic acids is 1. The van der Waals surface area contributed by atoms with Crippen LogP contribution in [-0.2, 0) is 14.8 Å². The van der Waals surface area contributed by atoms with Gasteiger partial charge in [0.25, 0.3) is 16.0 Å². The lowest BCUT2D eigenvalue weighted by Gasteiger charge is -1.87. The first-order valence-electron chi connectivity index (χ1n) is 4.51. The molecular formula is C10H11NO5S. The molecule has 0 spiro atoms. The van der Waals surface area contributed by atoms with E-state index in [-0.39, 0.29) is 5.09 Å². The molecule has 0 saturated heterocycles. The monoisotopic (exact) mass is 257 g/mol. The van der Waals surface area contributed by atoms with Crippen molar-refractivity contribution in [1.82, 2.24) is 0 Å². The third-order valence-electron chi connectivity index (χ3n) is 1.68. The normalized spacial score (nSPS) is 10.7.